The summed E-state index contributed by atoms with van der Waals surface area (Å²) in [6, 6.07) is 17.0. The molecule has 0 unspecified atom stereocenters. The van der Waals surface area contributed by atoms with Gasteiger partial charge in [-0.1, -0.05) is 110 Å². The molecule has 10 heteroatoms. The number of fused-ring (bicyclic) bond motifs is 2. The topological polar surface area (TPSA) is 77.1 Å². The summed E-state index contributed by atoms with van der Waals surface area (Å²) in [5.41, 5.74) is 5.16. The van der Waals surface area contributed by atoms with E-state index in [9.17, 15) is 9.59 Å². The molecule has 0 bridgehead atoms. The van der Waals surface area contributed by atoms with Crippen LogP contribution in [0.15, 0.2) is 48.5 Å². The second-order valence-corrected chi connectivity index (χ2v) is 18.0. The Morgan fingerprint density at radius 2 is 1.35 bits per heavy atom. The number of likely N-dealkylation sites (tertiary alicyclic amines) is 1. The third-order valence-electron chi connectivity index (χ3n) is 11.8. The van der Waals surface area contributed by atoms with Crippen LogP contribution in [0.25, 0.3) is 0 Å². The molecule has 2 aliphatic heterocycles. The molecule has 2 saturated carbocycles. The molecule has 8 atom stereocenters. The summed E-state index contributed by atoms with van der Waals surface area (Å²) < 4.78 is 16.4. The maximum absolute atomic E-state index is 12.6. The zero-order valence-electron chi connectivity index (χ0n) is 31.5. The number of ketones is 1. The van der Waals surface area contributed by atoms with Gasteiger partial charge in [0.25, 0.3) is 0 Å². The van der Waals surface area contributed by atoms with Crippen molar-refractivity contribution in [2.45, 2.75) is 126 Å². The van der Waals surface area contributed by atoms with E-state index in [4.69, 9.17) is 49.0 Å². The zero-order chi connectivity index (χ0) is 37.3. The molecule has 7 nitrogen and oxygen atoms in total. The molecule has 2 aliphatic carbocycles. The van der Waals surface area contributed by atoms with E-state index >= 15 is 0 Å². The number of alkyl halides is 3. The van der Waals surface area contributed by atoms with Crippen LogP contribution >= 0.6 is 34.8 Å². The number of benzene rings is 2. The summed E-state index contributed by atoms with van der Waals surface area (Å²) in [6.07, 6.45) is 11.3. The van der Waals surface area contributed by atoms with Gasteiger partial charge in [0.15, 0.2) is 0 Å². The fraction of sp³-hybridized carbons (Fsp3) is 0.667. The van der Waals surface area contributed by atoms with E-state index in [1.54, 1.807) is 6.92 Å². The summed E-state index contributed by atoms with van der Waals surface area (Å²) in [5.74, 6) is 2.04. The van der Waals surface area contributed by atoms with Crippen LogP contribution in [-0.4, -0.2) is 71.5 Å². The van der Waals surface area contributed by atoms with Crippen molar-refractivity contribution in [1.29, 1.82) is 0 Å². The molecule has 0 amide bonds. The first-order valence-electron chi connectivity index (χ1n) is 19.5. The molecule has 2 aromatic rings. The van der Waals surface area contributed by atoms with Crippen molar-refractivity contribution in [3.8, 4) is 0 Å². The van der Waals surface area contributed by atoms with Crippen molar-refractivity contribution in [3.05, 3.63) is 70.8 Å². The number of hydrogen-bond acceptors (Lipinski definition) is 7. The molecule has 1 N–H and O–H groups in total. The van der Waals surface area contributed by atoms with Gasteiger partial charge in [-0.25, -0.2) is 0 Å². The van der Waals surface area contributed by atoms with Gasteiger partial charge in [-0.3, -0.25) is 14.5 Å². The van der Waals surface area contributed by atoms with Gasteiger partial charge >= 0.3 is 5.97 Å². The number of nitrogens with zero attached hydrogens (tertiary/aromatic N) is 1. The van der Waals surface area contributed by atoms with Crippen molar-refractivity contribution in [2.75, 3.05) is 26.7 Å². The fourth-order valence-corrected chi connectivity index (χ4v) is 9.08. The highest BCUT2D eigenvalue weighted by atomic mass is 35.6. The minimum atomic E-state index is -1.59. The summed E-state index contributed by atoms with van der Waals surface area (Å²) in [6.45, 7) is 8.95. The summed E-state index contributed by atoms with van der Waals surface area (Å²) >= 11 is 17.2. The van der Waals surface area contributed by atoms with Gasteiger partial charge in [0.2, 0.25) is 3.79 Å². The lowest BCUT2D eigenvalue weighted by Gasteiger charge is -2.46. The minimum Gasteiger partial charge on any atom is -0.460 e. The molecule has 2 heterocycles. The lowest BCUT2D eigenvalue weighted by atomic mass is 9.71. The van der Waals surface area contributed by atoms with Crippen LogP contribution < -0.4 is 5.32 Å². The number of hydrogen-bond donors (Lipinski definition) is 1. The number of halogens is 3. The van der Waals surface area contributed by atoms with Crippen molar-refractivity contribution >= 4 is 46.6 Å². The normalized spacial score (nSPS) is 29.2. The molecular formula is C42H59Cl3N2O5. The molecule has 288 valence electrons. The molecule has 0 aromatic heterocycles. The quantitative estimate of drug-likeness (QED) is 0.181. The average Bonchev–Trinajstić information content (AvgIpc) is 3.14. The Kier molecular flexibility index (Phi) is 15.7. The van der Waals surface area contributed by atoms with E-state index in [1.165, 1.54) is 41.5 Å². The lowest BCUT2D eigenvalue weighted by molar-refractivity contribution is -0.155. The van der Waals surface area contributed by atoms with Gasteiger partial charge in [-0.2, -0.15) is 0 Å². The van der Waals surface area contributed by atoms with Crippen molar-refractivity contribution < 1.29 is 23.8 Å². The highest BCUT2D eigenvalue weighted by Crippen LogP contribution is 2.41. The van der Waals surface area contributed by atoms with Gasteiger partial charge in [-0.05, 0) is 118 Å². The highest BCUT2D eigenvalue weighted by molar-refractivity contribution is 6.67. The minimum absolute atomic E-state index is 0.0314. The fourth-order valence-electron chi connectivity index (χ4n) is 8.91. The number of nitrogens with one attached hydrogen (secondary N) is 1. The summed E-state index contributed by atoms with van der Waals surface area (Å²) in [7, 11) is 1.97. The Morgan fingerprint density at radius 3 is 1.88 bits per heavy atom. The monoisotopic (exact) mass is 776 g/mol. The molecule has 4 fully saturated rings. The van der Waals surface area contributed by atoms with Crippen LogP contribution in [0.3, 0.4) is 0 Å². The molecule has 52 heavy (non-hydrogen) atoms. The SMILES string of the molecule is CCc1cccc(CO[C@H]2CCC[C@@H]3CN(C)[C@H](C(=O)OCC(Cl)(Cl)Cl)C[C@@H]32)c1.CCc1cccc(CO[C@H]2CCC[C@@H]3CN[C@H](C(C)=O)C[C@@H]32)c1. The van der Waals surface area contributed by atoms with E-state index < -0.39 is 3.79 Å². The molecule has 0 radical (unpaired) electrons. The maximum atomic E-state index is 12.6. The highest BCUT2D eigenvalue weighted by Gasteiger charge is 2.44. The van der Waals surface area contributed by atoms with Gasteiger partial charge in [0.1, 0.15) is 18.4 Å². The number of aryl methyl sites for hydroxylation is 2. The number of carbonyl (C=O) groups is 2. The number of esters is 1. The molecule has 2 aromatic carbocycles. The maximum Gasteiger partial charge on any atom is 0.323 e. The number of piperidine rings is 2. The summed E-state index contributed by atoms with van der Waals surface area (Å²) in [5, 5.41) is 3.42. The molecule has 2 saturated heterocycles. The first-order chi connectivity index (χ1) is 24.9. The first-order valence-corrected chi connectivity index (χ1v) is 20.6. The second kappa shape index (κ2) is 19.7. The van der Waals surface area contributed by atoms with E-state index in [0.29, 0.717) is 43.0 Å². The number of ether oxygens (including phenoxy) is 3. The smallest absolute Gasteiger partial charge is 0.323 e. The largest absolute Gasteiger partial charge is 0.460 e. The second-order valence-electron chi connectivity index (χ2n) is 15.5. The Balaban J connectivity index is 0.000000206. The molecular weight excluding hydrogens is 719 g/mol. The molecule has 6 rings (SSSR count). The standard InChI is InChI=1S/C22H30Cl3NO3.C20H29NO2/c1-3-15-6-4-7-16(10-15)13-28-20-9-5-8-17-12-26(2)19(11-18(17)20)21(27)29-14-22(23,24)25;1-3-15-6-4-7-16(10-15)13-23-20-9-5-8-17-12-21-19(14(2)22)11-18(17)20/h4,6-7,10,17-20H,3,5,8-9,11-14H2,1-2H3;4,6-7,10,17-21H,3,5,8-9,11-13H2,1-2H3/t2*17-,18+,19+,20+/m11/s1. The van der Waals surface area contributed by atoms with E-state index in [1.807, 2.05) is 7.05 Å². The third-order valence-corrected chi connectivity index (χ3v) is 12.2. The van der Waals surface area contributed by atoms with E-state index in [2.05, 4.69) is 72.6 Å². The Hall–Kier alpha value is -1.71. The van der Waals surface area contributed by atoms with Crippen LogP contribution in [0, 0.1) is 23.7 Å². The lowest BCUT2D eigenvalue weighted by Crippen LogP contribution is -2.53. The van der Waals surface area contributed by atoms with Crippen LogP contribution in [0.5, 0.6) is 0 Å². The number of rotatable bonds is 11. The Morgan fingerprint density at radius 1 is 0.808 bits per heavy atom. The average molecular weight is 778 g/mol. The Labute approximate surface area is 326 Å². The first kappa shape index (κ1) is 41.5. The van der Waals surface area contributed by atoms with Crippen LogP contribution in [-0.2, 0) is 49.9 Å². The van der Waals surface area contributed by atoms with Crippen LogP contribution in [0.4, 0.5) is 0 Å². The number of Topliss-reactive ketones (excluding diaryl/α,β-unsaturated/α-hetero) is 1. The van der Waals surface area contributed by atoms with Crippen LogP contribution in [0.2, 0.25) is 0 Å². The summed E-state index contributed by atoms with van der Waals surface area (Å²) in [4.78, 5) is 26.4. The zero-order valence-corrected chi connectivity index (χ0v) is 33.7. The third kappa shape index (κ3) is 11.9. The van der Waals surface area contributed by atoms with Gasteiger partial charge in [-0.15, -0.1) is 0 Å². The predicted molar refractivity (Wildman–Crippen MR) is 210 cm³/mol. The van der Waals surface area contributed by atoms with E-state index in [-0.39, 0.29) is 36.5 Å². The van der Waals surface area contributed by atoms with Crippen LogP contribution in [0.1, 0.15) is 94.4 Å². The van der Waals surface area contributed by atoms with Gasteiger partial charge < -0.3 is 19.5 Å². The van der Waals surface area contributed by atoms with E-state index in [0.717, 1.165) is 58.0 Å². The molecule has 4 aliphatic rings. The van der Waals surface area contributed by atoms with Crippen molar-refractivity contribution in [1.82, 2.24) is 10.2 Å². The van der Waals surface area contributed by atoms with Gasteiger partial charge in [0, 0.05) is 6.54 Å². The van der Waals surface area contributed by atoms with Crippen molar-refractivity contribution in [3.63, 3.8) is 0 Å². The predicted octanol–water partition coefficient (Wildman–Crippen LogP) is 8.67. The molecule has 0 spiro atoms. The number of likely N-dealkylation sites (N-methyl/N-ethyl adjacent to an activating group) is 1. The van der Waals surface area contributed by atoms with Crippen molar-refractivity contribution in [2.24, 2.45) is 23.7 Å². The number of carbonyl (C=O) groups excluding carboxylic acids is 2. The Bertz CT molecular complexity index is 1450. The van der Waals surface area contributed by atoms with Gasteiger partial charge in [0.05, 0.1) is 31.5 Å².